The predicted octanol–water partition coefficient (Wildman–Crippen LogP) is 1.19. The first-order valence-corrected chi connectivity index (χ1v) is 10.2. The average Bonchev–Trinajstić information content (AvgIpc) is 3.22. The minimum atomic E-state index is -1.03. The van der Waals surface area contributed by atoms with E-state index in [1.165, 1.54) is 37.4 Å². The van der Waals surface area contributed by atoms with Gasteiger partial charge in [0.25, 0.3) is 23.2 Å². The number of hydrogen-bond donors (Lipinski definition) is 2. The van der Waals surface area contributed by atoms with Crippen LogP contribution in [0, 0.1) is 26.1 Å². The SMILES string of the molecule is COc1ccc([N+](=O)[O-])c(NC(=O)COC(=O)[C@H]2CC(=O)N(NC(=O)c3ccccc3[N+](=O)[O-])C2)c1. The third-order valence-electron chi connectivity index (χ3n) is 5.06. The van der Waals surface area contributed by atoms with Gasteiger partial charge >= 0.3 is 5.97 Å². The zero-order valence-electron chi connectivity index (χ0n) is 18.7. The van der Waals surface area contributed by atoms with Crippen LogP contribution in [0.2, 0.25) is 0 Å². The smallest absolute Gasteiger partial charge is 0.311 e. The largest absolute Gasteiger partial charge is 0.497 e. The molecule has 0 spiro atoms. The first-order valence-electron chi connectivity index (χ1n) is 10.2. The van der Waals surface area contributed by atoms with E-state index in [-0.39, 0.29) is 30.0 Å². The molecule has 0 aromatic heterocycles. The van der Waals surface area contributed by atoms with E-state index in [2.05, 4.69) is 10.7 Å². The monoisotopic (exact) mass is 501 g/mol. The highest BCUT2D eigenvalue weighted by Gasteiger charge is 2.37. The van der Waals surface area contributed by atoms with Crippen molar-refractivity contribution in [2.45, 2.75) is 6.42 Å². The van der Waals surface area contributed by atoms with Crippen LogP contribution in [0.25, 0.3) is 0 Å². The zero-order valence-corrected chi connectivity index (χ0v) is 18.7. The van der Waals surface area contributed by atoms with E-state index < -0.39 is 57.4 Å². The maximum Gasteiger partial charge on any atom is 0.311 e. The van der Waals surface area contributed by atoms with Crippen molar-refractivity contribution in [3.05, 3.63) is 68.3 Å². The Morgan fingerprint density at radius 3 is 2.44 bits per heavy atom. The number of amides is 3. The Labute approximate surface area is 202 Å². The fraction of sp³-hybridized carbons (Fsp3) is 0.238. The standard InChI is InChI=1S/C21H19N5O10/c1-35-13-6-7-17(26(33)34)15(9-13)22-18(27)11-36-21(30)12-8-19(28)24(10-12)23-20(29)14-4-2-3-5-16(14)25(31)32/h2-7,9,12H,8,10-11H2,1H3,(H,22,27)(H,23,29)/t12-/m0/s1. The normalized spacial score (nSPS) is 14.6. The number of rotatable bonds is 9. The summed E-state index contributed by atoms with van der Waals surface area (Å²) in [5.41, 5.74) is 0.929. The number of para-hydroxylation sites is 1. The summed E-state index contributed by atoms with van der Waals surface area (Å²) in [5.74, 6) is -4.11. The second-order valence-electron chi connectivity index (χ2n) is 7.42. The molecule has 2 N–H and O–H groups in total. The van der Waals surface area contributed by atoms with Crippen LogP contribution in [0.5, 0.6) is 5.75 Å². The Hall–Kier alpha value is -5.08. The summed E-state index contributed by atoms with van der Waals surface area (Å²) in [4.78, 5) is 70.0. The Morgan fingerprint density at radius 1 is 1.08 bits per heavy atom. The van der Waals surface area contributed by atoms with Crippen molar-refractivity contribution in [2.24, 2.45) is 5.92 Å². The Kier molecular flexibility index (Phi) is 7.73. The van der Waals surface area contributed by atoms with Gasteiger partial charge in [0, 0.05) is 24.6 Å². The maximum atomic E-state index is 12.4. The van der Waals surface area contributed by atoms with Crippen molar-refractivity contribution in [1.82, 2.24) is 10.4 Å². The highest BCUT2D eigenvalue weighted by atomic mass is 16.6. The number of hydrazine groups is 1. The number of esters is 1. The van der Waals surface area contributed by atoms with Crippen LogP contribution in [-0.2, 0) is 19.1 Å². The number of nitro benzene ring substituents is 2. The van der Waals surface area contributed by atoms with Gasteiger partial charge in [-0.25, -0.2) is 0 Å². The summed E-state index contributed by atoms with van der Waals surface area (Å²) in [6.07, 6.45) is -0.334. The molecule has 1 atom stereocenters. The van der Waals surface area contributed by atoms with Gasteiger partial charge in [0.1, 0.15) is 17.0 Å². The highest BCUT2D eigenvalue weighted by molar-refractivity contribution is 6.00. The van der Waals surface area contributed by atoms with Gasteiger partial charge in [-0.15, -0.1) is 0 Å². The Bertz CT molecular complexity index is 1250. The van der Waals surface area contributed by atoms with E-state index in [0.717, 1.165) is 17.1 Å². The minimum Gasteiger partial charge on any atom is -0.497 e. The number of methoxy groups -OCH3 is 1. The lowest BCUT2D eigenvalue weighted by atomic mass is 10.1. The fourth-order valence-corrected chi connectivity index (χ4v) is 3.32. The van der Waals surface area contributed by atoms with Gasteiger partial charge in [-0.05, 0) is 12.1 Å². The molecule has 3 rings (SSSR count). The Balaban J connectivity index is 1.56. The molecule has 15 heteroatoms. The summed E-state index contributed by atoms with van der Waals surface area (Å²) in [6.45, 7) is -1.08. The third-order valence-corrected chi connectivity index (χ3v) is 5.06. The van der Waals surface area contributed by atoms with Crippen molar-refractivity contribution in [3.8, 4) is 5.75 Å². The number of ether oxygens (including phenoxy) is 2. The molecule has 1 aliphatic rings. The van der Waals surface area contributed by atoms with Crippen molar-refractivity contribution < 1.29 is 38.5 Å². The van der Waals surface area contributed by atoms with Crippen molar-refractivity contribution in [1.29, 1.82) is 0 Å². The summed E-state index contributed by atoms with van der Waals surface area (Å²) < 4.78 is 9.89. The molecule has 2 aromatic carbocycles. The lowest BCUT2D eigenvalue weighted by molar-refractivity contribution is -0.385. The van der Waals surface area contributed by atoms with Gasteiger partial charge in [0.05, 0.1) is 29.4 Å². The first-order chi connectivity index (χ1) is 17.1. The number of carbonyl (C=O) groups is 4. The van der Waals surface area contributed by atoms with Crippen LogP contribution in [0.4, 0.5) is 17.1 Å². The number of anilines is 1. The quantitative estimate of drug-likeness (QED) is 0.285. The highest BCUT2D eigenvalue weighted by Crippen LogP contribution is 2.29. The molecular weight excluding hydrogens is 482 g/mol. The topological polar surface area (TPSA) is 200 Å². The molecule has 15 nitrogen and oxygen atoms in total. The summed E-state index contributed by atoms with van der Waals surface area (Å²) >= 11 is 0. The molecule has 1 saturated heterocycles. The van der Waals surface area contributed by atoms with E-state index in [1.54, 1.807) is 0 Å². The van der Waals surface area contributed by atoms with Gasteiger partial charge in [0.15, 0.2) is 6.61 Å². The van der Waals surface area contributed by atoms with Crippen LogP contribution in [-0.4, -0.2) is 58.8 Å². The van der Waals surface area contributed by atoms with Gasteiger partial charge in [0.2, 0.25) is 5.91 Å². The number of nitrogens with zero attached hydrogens (tertiary/aromatic N) is 3. The number of carbonyl (C=O) groups excluding carboxylic acids is 4. The minimum absolute atomic E-state index is 0.166. The van der Waals surface area contributed by atoms with Crippen molar-refractivity contribution in [3.63, 3.8) is 0 Å². The number of nitrogens with one attached hydrogen (secondary N) is 2. The number of benzene rings is 2. The van der Waals surface area contributed by atoms with E-state index in [1.807, 2.05) is 0 Å². The van der Waals surface area contributed by atoms with E-state index in [4.69, 9.17) is 9.47 Å². The molecule has 0 radical (unpaired) electrons. The molecule has 0 saturated carbocycles. The Morgan fingerprint density at radius 2 is 1.78 bits per heavy atom. The number of nitro groups is 2. The van der Waals surface area contributed by atoms with Gasteiger partial charge in [-0.1, -0.05) is 12.1 Å². The summed E-state index contributed by atoms with van der Waals surface area (Å²) in [7, 11) is 1.34. The molecule has 1 heterocycles. The molecule has 0 aliphatic carbocycles. The van der Waals surface area contributed by atoms with E-state index >= 15 is 0 Å². The van der Waals surface area contributed by atoms with E-state index in [0.29, 0.717) is 0 Å². The molecular formula is C21H19N5O10. The first kappa shape index (κ1) is 25.5. The van der Waals surface area contributed by atoms with Crippen LogP contribution in [0.1, 0.15) is 16.8 Å². The van der Waals surface area contributed by atoms with Crippen LogP contribution in [0.3, 0.4) is 0 Å². The molecule has 188 valence electrons. The molecule has 36 heavy (non-hydrogen) atoms. The molecule has 3 amide bonds. The van der Waals surface area contributed by atoms with Gasteiger partial charge in [-0.3, -0.25) is 49.8 Å². The van der Waals surface area contributed by atoms with Crippen LogP contribution in [0.15, 0.2) is 42.5 Å². The molecule has 1 aliphatic heterocycles. The number of hydrogen-bond acceptors (Lipinski definition) is 10. The molecule has 1 fully saturated rings. The zero-order chi connectivity index (χ0) is 26.4. The van der Waals surface area contributed by atoms with Gasteiger partial charge < -0.3 is 14.8 Å². The average molecular weight is 501 g/mol. The van der Waals surface area contributed by atoms with E-state index in [9.17, 15) is 39.4 Å². The summed E-state index contributed by atoms with van der Waals surface area (Å²) in [5, 5.41) is 25.4. The lowest BCUT2D eigenvalue weighted by Gasteiger charge is -2.17. The van der Waals surface area contributed by atoms with Crippen molar-refractivity contribution >= 4 is 40.8 Å². The fourth-order valence-electron chi connectivity index (χ4n) is 3.32. The predicted molar refractivity (Wildman–Crippen MR) is 120 cm³/mol. The lowest BCUT2D eigenvalue weighted by Crippen LogP contribution is -2.43. The maximum absolute atomic E-state index is 12.4. The van der Waals surface area contributed by atoms with Crippen LogP contribution < -0.4 is 15.5 Å². The second-order valence-corrected chi connectivity index (χ2v) is 7.42. The van der Waals surface area contributed by atoms with Crippen molar-refractivity contribution in [2.75, 3.05) is 25.6 Å². The second kappa shape index (κ2) is 10.9. The summed E-state index contributed by atoms with van der Waals surface area (Å²) in [6, 6.07) is 8.84. The molecule has 0 bridgehead atoms. The molecule has 0 unspecified atom stereocenters. The van der Waals surface area contributed by atoms with Crippen LogP contribution >= 0.6 is 0 Å². The third kappa shape index (κ3) is 5.88. The van der Waals surface area contributed by atoms with Gasteiger partial charge in [-0.2, -0.15) is 0 Å². The molecule has 2 aromatic rings.